The Kier molecular flexibility index (Phi) is 7.43. The molecule has 0 unspecified atom stereocenters. The molecule has 9 heteroatoms. The highest BCUT2D eigenvalue weighted by Crippen LogP contribution is 2.09. The molecule has 3 heterocycles. The number of hydrogen-bond acceptors (Lipinski definition) is 4. The summed E-state index contributed by atoms with van der Waals surface area (Å²) in [5, 5.41) is 0. The first-order valence-electron chi connectivity index (χ1n) is 7.81. The van der Waals surface area contributed by atoms with Crippen molar-refractivity contribution in [2.75, 3.05) is 54.4 Å². The molecule has 3 fully saturated rings. The van der Waals surface area contributed by atoms with Crippen LogP contribution in [-0.4, -0.2) is 93.0 Å². The van der Waals surface area contributed by atoms with Crippen LogP contribution < -0.4 is 0 Å². The van der Waals surface area contributed by atoms with E-state index >= 15 is 0 Å². The molecule has 0 aliphatic carbocycles. The fourth-order valence-electron chi connectivity index (χ4n) is 2.32. The Labute approximate surface area is 139 Å². The SMILES string of the molecule is CN1CCCC1=O.CN1CCCC1=O.CN1CCN(C)S1(=O)=O. The summed E-state index contributed by atoms with van der Waals surface area (Å²) in [6, 6.07) is 0. The highest BCUT2D eigenvalue weighted by atomic mass is 32.2. The molecule has 0 aromatic heterocycles. The van der Waals surface area contributed by atoms with Gasteiger partial charge in [-0.25, -0.2) is 0 Å². The smallest absolute Gasteiger partial charge is 0.281 e. The molecule has 3 aliphatic rings. The standard InChI is InChI=1S/2C5H9NO.C4H10N2O2S/c2*1-6-4-2-3-5(6)7;1-5-3-4-6(2)9(5,7)8/h2*2-4H2,1H3;3-4H2,1-2H3. The Morgan fingerprint density at radius 2 is 1.04 bits per heavy atom. The molecule has 0 bridgehead atoms. The van der Waals surface area contributed by atoms with E-state index in [0.717, 1.165) is 38.8 Å². The highest BCUT2D eigenvalue weighted by Gasteiger charge is 2.29. The highest BCUT2D eigenvalue weighted by molar-refractivity contribution is 7.86. The number of carbonyl (C=O) groups is 2. The van der Waals surface area contributed by atoms with Gasteiger partial charge in [0.05, 0.1) is 0 Å². The fourth-order valence-corrected chi connectivity index (χ4v) is 3.42. The van der Waals surface area contributed by atoms with E-state index in [4.69, 9.17) is 0 Å². The van der Waals surface area contributed by atoms with E-state index in [2.05, 4.69) is 0 Å². The van der Waals surface area contributed by atoms with Gasteiger partial charge in [0.1, 0.15) is 0 Å². The maximum atomic E-state index is 10.9. The number of likely N-dealkylation sites (N-methyl/N-ethyl adjacent to an activating group) is 2. The molecule has 2 amide bonds. The third-order valence-corrected chi connectivity index (χ3v) is 6.08. The fraction of sp³-hybridized carbons (Fsp3) is 0.857. The molecule has 3 saturated heterocycles. The second-order valence-corrected chi connectivity index (χ2v) is 8.13. The molecule has 8 nitrogen and oxygen atoms in total. The van der Waals surface area contributed by atoms with Gasteiger partial charge in [-0.1, -0.05) is 0 Å². The third kappa shape index (κ3) is 5.74. The van der Waals surface area contributed by atoms with Crippen molar-refractivity contribution in [1.29, 1.82) is 0 Å². The lowest BCUT2D eigenvalue weighted by molar-refractivity contribution is -0.127. The quantitative estimate of drug-likeness (QED) is 0.596. The summed E-state index contributed by atoms with van der Waals surface area (Å²) in [5.74, 6) is 0.583. The van der Waals surface area contributed by atoms with Crippen molar-refractivity contribution in [1.82, 2.24) is 18.4 Å². The van der Waals surface area contributed by atoms with Gasteiger partial charge in [0.15, 0.2) is 0 Å². The Morgan fingerprint density at radius 1 is 0.696 bits per heavy atom. The number of likely N-dealkylation sites (tertiary alicyclic amines) is 2. The van der Waals surface area contributed by atoms with Gasteiger partial charge in [-0.3, -0.25) is 9.59 Å². The minimum absolute atomic E-state index is 0.292. The summed E-state index contributed by atoms with van der Waals surface area (Å²) < 4.78 is 24.6. The molecule has 0 atom stereocenters. The zero-order valence-corrected chi connectivity index (χ0v) is 15.3. The normalized spacial score (nSPS) is 24.3. The zero-order chi connectivity index (χ0) is 17.6. The van der Waals surface area contributed by atoms with Crippen molar-refractivity contribution in [2.24, 2.45) is 0 Å². The molecule has 0 N–H and O–H groups in total. The zero-order valence-electron chi connectivity index (χ0n) is 14.5. The van der Waals surface area contributed by atoms with Crippen LogP contribution in [0.4, 0.5) is 0 Å². The average molecular weight is 348 g/mol. The Hall–Kier alpha value is -1.19. The van der Waals surface area contributed by atoms with Gasteiger partial charge in [-0.2, -0.15) is 17.0 Å². The molecule has 0 spiro atoms. The van der Waals surface area contributed by atoms with Crippen molar-refractivity contribution in [3.05, 3.63) is 0 Å². The van der Waals surface area contributed by atoms with Gasteiger partial charge in [0.25, 0.3) is 10.2 Å². The van der Waals surface area contributed by atoms with Crippen molar-refractivity contribution < 1.29 is 18.0 Å². The van der Waals surface area contributed by atoms with Gasteiger partial charge in [-0.15, -0.1) is 0 Å². The summed E-state index contributed by atoms with van der Waals surface area (Å²) in [6.07, 6.45) is 3.62. The molecule has 0 aromatic carbocycles. The van der Waals surface area contributed by atoms with Crippen LogP contribution in [0, 0.1) is 0 Å². The second kappa shape index (κ2) is 8.60. The lowest BCUT2D eigenvalue weighted by Crippen LogP contribution is -2.27. The molecule has 3 rings (SSSR count). The van der Waals surface area contributed by atoms with Crippen molar-refractivity contribution >= 4 is 22.0 Å². The molecular weight excluding hydrogens is 320 g/mol. The van der Waals surface area contributed by atoms with Crippen molar-refractivity contribution in [3.8, 4) is 0 Å². The maximum Gasteiger partial charge on any atom is 0.281 e. The van der Waals surface area contributed by atoms with E-state index in [1.54, 1.807) is 23.9 Å². The summed E-state index contributed by atoms with van der Waals surface area (Å²) in [7, 11) is 3.81. The number of nitrogens with zero attached hydrogens (tertiary/aromatic N) is 4. The summed E-state index contributed by atoms with van der Waals surface area (Å²) >= 11 is 0. The largest absolute Gasteiger partial charge is 0.346 e. The Bertz CT molecular complexity index is 483. The van der Waals surface area contributed by atoms with E-state index in [1.165, 1.54) is 8.61 Å². The summed E-state index contributed by atoms with van der Waals surface area (Å²) in [6.45, 7) is 3.13. The lowest BCUT2D eigenvalue weighted by Gasteiger charge is -2.08. The molecule has 0 radical (unpaired) electrons. The summed E-state index contributed by atoms with van der Waals surface area (Å²) in [5.41, 5.74) is 0. The van der Waals surface area contributed by atoms with Gasteiger partial charge >= 0.3 is 0 Å². The predicted octanol–water partition coefficient (Wildman–Crippen LogP) is -0.414. The molecular formula is C14H28N4O4S. The number of amides is 2. The maximum absolute atomic E-state index is 10.9. The first-order chi connectivity index (χ1) is 10.7. The van der Waals surface area contributed by atoms with Crippen molar-refractivity contribution in [2.45, 2.75) is 25.7 Å². The topological polar surface area (TPSA) is 81.2 Å². The second-order valence-electron chi connectivity index (χ2n) is 5.99. The van der Waals surface area contributed by atoms with Gasteiger partial charge < -0.3 is 9.80 Å². The van der Waals surface area contributed by atoms with Crippen LogP contribution in [0.5, 0.6) is 0 Å². The van der Waals surface area contributed by atoms with E-state index < -0.39 is 10.2 Å². The molecule has 3 aliphatic heterocycles. The summed E-state index contributed by atoms with van der Waals surface area (Å²) in [4.78, 5) is 24.5. The van der Waals surface area contributed by atoms with Crippen LogP contribution in [0.1, 0.15) is 25.7 Å². The average Bonchev–Trinajstić information content (AvgIpc) is 3.12. The first-order valence-corrected chi connectivity index (χ1v) is 9.21. The number of hydrogen-bond donors (Lipinski definition) is 0. The third-order valence-electron chi connectivity index (χ3n) is 4.14. The lowest BCUT2D eigenvalue weighted by atomic mass is 10.4. The van der Waals surface area contributed by atoms with E-state index in [-0.39, 0.29) is 0 Å². The number of rotatable bonds is 0. The van der Waals surface area contributed by atoms with Crippen LogP contribution in [0.3, 0.4) is 0 Å². The van der Waals surface area contributed by atoms with Crippen LogP contribution in [0.2, 0.25) is 0 Å². The van der Waals surface area contributed by atoms with Crippen LogP contribution in [-0.2, 0) is 19.8 Å². The van der Waals surface area contributed by atoms with Crippen molar-refractivity contribution in [3.63, 3.8) is 0 Å². The Balaban J connectivity index is 0.000000175. The molecule has 0 saturated carbocycles. The molecule has 23 heavy (non-hydrogen) atoms. The molecule has 134 valence electrons. The predicted molar refractivity (Wildman–Crippen MR) is 87.9 cm³/mol. The van der Waals surface area contributed by atoms with E-state index in [1.807, 2.05) is 14.1 Å². The van der Waals surface area contributed by atoms with E-state index in [9.17, 15) is 18.0 Å². The minimum atomic E-state index is -3.04. The first kappa shape index (κ1) is 19.9. The molecule has 0 aromatic rings. The monoisotopic (exact) mass is 348 g/mol. The Morgan fingerprint density at radius 3 is 1.13 bits per heavy atom. The van der Waals surface area contributed by atoms with Crippen LogP contribution >= 0.6 is 0 Å². The van der Waals surface area contributed by atoms with Crippen LogP contribution in [0.15, 0.2) is 0 Å². The minimum Gasteiger partial charge on any atom is -0.346 e. The van der Waals surface area contributed by atoms with E-state index in [0.29, 0.717) is 24.9 Å². The number of carbonyl (C=O) groups excluding carboxylic acids is 2. The van der Waals surface area contributed by atoms with Gasteiger partial charge in [0, 0.05) is 67.2 Å². The van der Waals surface area contributed by atoms with Crippen LogP contribution in [0.25, 0.3) is 0 Å². The van der Waals surface area contributed by atoms with Gasteiger partial charge in [-0.05, 0) is 12.8 Å². The van der Waals surface area contributed by atoms with Gasteiger partial charge in [0.2, 0.25) is 11.8 Å².